The lowest BCUT2D eigenvalue weighted by molar-refractivity contribution is -0.117. The number of nitrogens with zero attached hydrogens (tertiary/aromatic N) is 2. The first-order valence-electron chi connectivity index (χ1n) is 8.63. The maximum Gasteiger partial charge on any atom is 0.409 e. The van der Waals surface area contributed by atoms with Gasteiger partial charge in [0.1, 0.15) is 0 Å². The van der Waals surface area contributed by atoms with Crippen molar-refractivity contribution >= 4 is 29.3 Å². The van der Waals surface area contributed by atoms with Gasteiger partial charge in [-0.25, -0.2) is 4.79 Å². The number of benzene rings is 1. The summed E-state index contributed by atoms with van der Waals surface area (Å²) in [5.41, 5.74) is 0.725. The molecule has 6 nitrogen and oxygen atoms in total. The second kappa shape index (κ2) is 9.63. The molecule has 1 aromatic carbocycles. The Kier molecular flexibility index (Phi) is 7.52. The SMILES string of the molecule is CC(C)COC(=O)N1CCCN(CC(=O)Nc2ccc(Cl)cc2)CC1. The molecule has 1 aromatic rings. The predicted molar refractivity (Wildman–Crippen MR) is 98.9 cm³/mol. The van der Waals surface area contributed by atoms with E-state index in [1.165, 1.54) is 0 Å². The highest BCUT2D eigenvalue weighted by molar-refractivity contribution is 6.30. The summed E-state index contributed by atoms with van der Waals surface area (Å²) < 4.78 is 5.28. The van der Waals surface area contributed by atoms with Crippen LogP contribution in [0.25, 0.3) is 0 Å². The molecule has 0 aromatic heterocycles. The lowest BCUT2D eigenvalue weighted by Gasteiger charge is -2.21. The van der Waals surface area contributed by atoms with Crippen LogP contribution in [0.2, 0.25) is 5.02 Å². The first-order valence-corrected chi connectivity index (χ1v) is 9.01. The third-order valence-electron chi connectivity index (χ3n) is 3.88. The summed E-state index contributed by atoms with van der Waals surface area (Å²) >= 11 is 5.84. The highest BCUT2D eigenvalue weighted by Gasteiger charge is 2.21. The molecular weight excluding hydrogens is 342 g/mol. The van der Waals surface area contributed by atoms with Gasteiger partial charge >= 0.3 is 6.09 Å². The third kappa shape index (κ3) is 6.92. The molecule has 1 fully saturated rings. The number of hydrogen-bond acceptors (Lipinski definition) is 4. The molecule has 0 aliphatic carbocycles. The number of carbonyl (C=O) groups excluding carboxylic acids is 2. The number of nitrogens with one attached hydrogen (secondary N) is 1. The number of ether oxygens (including phenoxy) is 1. The smallest absolute Gasteiger partial charge is 0.409 e. The van der Waals surface area contributed by atoms with Gasteiger partial charge in [-0.15, -0.1) is 0 Å². The first-order chi connectivity index (χ1) is 11.9. The normalized spacial score (nSPS) is 15.8. The van der Waals surface area contributed by atoms with E-state index in [0.717, 1.165) is 18.7 Å². The van der Waals surface area contributed by atoms with E-state index in [-0.39, 0.29) is 12.0 Å². The number of carbonyl (C=O) groups is 2. The Morgan fingerprint density at radius 1 is 1.16 bits per heavy atom. The van der Waals surface area contributed by atoms with E-state index in [1.807, 2.05) is 13.8 Å². The van der Waals surface area contributed by atoms with Crippen molar-refractivity contribution in [1.29, 1.82) is 0 Å². The lowest BCUT2D eigenvalue weighted by atomic mass is 10.2. The fourth-order valence-corrected chi connectivity index (χ4v) is 2.70. The van der Waals surface area contributed by atoms with Crippen LogP contribution in [0.4, 0.5) is 10.5 Å². The minimum Gasteiger partial charge on any atom is -0.449 e. The molecule has 0 spiro atoms. The second-order valence-electron chi connectivity index (χ2n) is 6.64. The van der Waals surface area contributed by atoms with Crippen LogP contribution >= 0.6 is 11.6 Å². The van der Waals surface area contributed by atoms with E-state index < -0.39 is 0 Å². The Balaban J connectivity index is 1.77. The molecule has 25 heavy (non-hydrogen) atoms. The van der Waals surface area contributed by atoms with Gasteiger partial charge in [0.25, 0.3) is 0 Å². The lowest BCUT2D eigenvalue weighted by Crippen LogP contribution is -2.38. The molecule has 138 valence electrons. The summed E-state index contributed by atoms with van der Waals surface area (Å²) in [6.45, 7) is 7.43. The minimum atomic E-state index is -0.263. The van der Waals surface area contributed by atoms with E-state index in [2.05, 4.69) is 10.2 Å². The summed E-state index contributed by atoms with van der Waals surface area (Å²) in [5.74, 6) is 0.252. The van der Waals surface area contributed by atoms with Crippen LogP contribution in [0, 0.1) is 5.92 Å². The topological polar surface area (TPSA) is 61.9 Å². The zero-order chi connectivity index (χ0) is 18.2. The van der Waals surface area contributed by atoms with E-state index in [9.17, 15) is 9.59 Å². The van der Waals surface area contributed by atoms with Crippen molar-refractivity contribution in [3.63, 3.8) is 0 Å². The molecule has 1 aliphatic rings. The number of halogens is 1. The van der Waals surface area contributed by atoms with Crippen molar-refractivity contribution in [3.05, 3.63) is 29.3 Å². The largest absolute Gasteiger partial charge is 0.449 e. The molecular formula is C18H26ClN3O3. The first kappa shape index (κ1) is 19.5. The summed E-state index contributed by atoms with van der Waals surface area (Å²) in [6, 6.07) is 7.03. The maximum atomic E-state index is 12.2. The fraction of sp³-hybridized carbons (Fsp3) is 0.556. The van der Waals surface area contributed by atoms with Gasteiger partial charge in [0.2, 0.25) is 5.91 Å². The summed E-state index contributed by atoms with van der Waals surface area (Å²) in [4.78, 5) is 28.0. The second-order valence-corrected chi connectivity index (χ2v) is 7.08. The van der Waals surface area contributed by atoms with Gasteiger partial charge in [0.15, 0.2) is 0 Å². The molecule has 1 saturated heterocycles. The average molecular weight is 368 g/mol. The molecule has 1 heterocycles. The van der Waals surface area contributed by atoms with Gasteiger partial charge in [-0.05, 0) is 36.6 Å². The number of hydrogen-bond donors (Lipinski definition) is 1. The summed E-state index contributed by atoms with van der Waals surface area (Å²) in [6.07, 6.45) is 0.562. The number of anilines is 1. The highest BCUT2D eigenvalue weighted by atomic mass is 35.5. The third-order valence-corrected chi connectivity index (χ3v) is 4.13. The Bertz CT molecular complexity index is 577. The Morgan fingerprint density at radius 2 is 1.88 bits per heavy atom. The Labute approximate surface area is 154 Å². The van der Waals surface area contributed by atoms with Crippen LogP contribution in [-0.2, 0) is 9.53 Å². The van der Waals surface area contributed by atoms with Crippen molar-refractivity contribution in [2.45, 2.75) is 20.3 Å². The van der Waals surface area contributed by atoms with Crippen molar-refractivity contribution in [1.82, 2.24) is 9.80 Å². The Morgan fingerprint density at radius 3 is 2.56 bits per heavy atom. The Hall–Kier alpha value is -1.79. The predicted octanol–water partition coefficient (Wildman–Crippen LogP) is 3.08. The average Bonchev–Trinajstić information content (AvgIpc) is 2.80. The van der Waals surface area contributed by atoms with Crippen molar-refractivity contribution in [2.75, 3.05) is 44.6 Å². The summed E-state index contributed by atoms with van der Waals surface area (Å²) in [7, 11) is 0. The standard InChI is InChI=1S/C18H26ClN3O3/c1-14(2)13-25-18(24)22-9-3-8-21(10-11-22)12-17(23)20-16-6-4-15(19)5-7-16/h4-7,14H,3,8-13H2,1-2H3,(H,20,23). The van der Waals surface area contributed by atoms with E-state index in [0.29, 0.717) is 43.7 Å². The van der Waals surface area contributed by atoms with Crippen molar-refractivity contribution < 1.29 is 14.3 Å². The van der Waals surface area contributed by atoms with E-state index >= 15 is 0 Å². The van der Waals surface area contributed by atoms with Gasteiger partial charge in [-0.1, -0.05) is 25.4 Å². The van der Waals surface area contributed by atoms with E-state index in [1.54, 1.807) is 29.2 Å². The van der Waals surface area contributed by atoms with Gasteiger partial charge in [0, 0.05) is 36.9 Å². The van der Waals surface area contributed by atoms with Gasteiger partial charge in [-0.3, -0.25) is 9.69 Å². The minimum absolute atomic E-state index is 0.0712. The van der Waals surface area contributed by atoms with Crippen molar-refractivity contribution in [3.8, 4) is 0 Å². The molecule has 1 aliphatic heterocycles. The van der Waals surface area contributed by atoms with Crippen LogP contribution in [0.15, 0.2) is 24.3 Å². The van der Waals surface area contributed by atoms with E-state index in [4.69, 9.17) is 16.3 Å². The van der Waals surface area contributed by atoms with Crippen LogP contribution in [0.5, 0.6) is 0 Å². The van der Waals surface area contributed by atoms with Crippen LogP contribution in [0.3, 0.4) is 0 Å². The number of rotatable bonds is 5. The van der Waals surface area contributed by atoms with Crippen molar-refractivity contribution in [2.24, 2.45) is 5.92 Å². The molecule has 7 heteroatoms. The monoisotopic (exact) mass is 367 g/mol. The van der Waals surface area contributed by atoms with Crippen LogP contribution in [0.1, 0.15) is 20.3 Å². The van der Waals surface area contributed by atoms with Crippen LogP contribution < -0.4 is 5.32 Å². The molecule has 0 saturated carbocycles. The van der Waals surface area contributed by atoms with Gasteiger partial charge in [0.05, 0.1) is 13.2 Å². The van der Waals surface area contributed by atoms with Crippen LogP contribution in [-0.4, -0.2) is 61.1 Å². The molecule has 0 radical (unpaired) electrons. The fourth-order valence-electron chi connectivity index (χ4n) is 2.58. The molecule has 0 bridgehead atoms. The summed E-state index contributed by atoms with van der Waals surface area (Å²) in [5, 5.41) is 3.49. The molecule has 2 amide bonds. The quantitative estimate of drug-likeness (QED) is 0.868. The maximum absolute atomic E-state index is 12.2. The molecule has 0 unspecified atom stereocenters. The molecule has 0 atom stereocenters. The number of amides is 2. The zero-order valence-corrected chi connectivity index (χ0v) is 15.6. The molecule has 2 rings (SSSR count). The highest BCUT2D eigenvalue weighted by Crippen LogP contribution is 2.13. The van der Waals surface area contributed by atoms with Gasteiger partial charge in [-0.2, -0.15) is 0 Å². The zero-order valence-electron chi connectivity index (χ0n) is 14.8. The van der Waals surface area contributed by atoms with Gasteiger partial charge < -0.3 is 15.0 Å². The molecule has 1 N–H and O–H groups in total.